The first kappa shape index (κ1) is 21.1. The predicted molar refractivity (Wildman–Crippen MR) is 125 cm³/mol. The number of aromatic nitrogens is 2. The Kier molecular flexibility index (Phi) is 6.02. The molecule has 0 saturated heterocycles. The third kappa shape index (κ3) is 3.81. The van der Waals surface area contributed by atoms with Gasteiger partial charge in [-0.25, -0.2) is 4.98 Å². The van der Waals surface area contributed by atoms with E-state index in [0.29, 0.717) is 11.7 Å². The minimum absolute atomic E-state index is 0.0151. The van der Waals surface area contributed by atoms with Gasteiger partial charge < -0.3 is 5.32 Å². The summed E-state index contributed by atoms with van der Waals surface area (Å²) in [6.45, 7) is 8.38. The summed E-state index contributed by atoms with van der Waals surface area (Å²) in [6.07, 6.45) is 4.26. The molecule has 4 rings (SSSR count). The largest absolute Gasteiger partial charge is 0.355 e. The van der Waals surface area contributed by atoms with E-state index in [1.54, 1.807) is 15.9 Å². The number of hydrogen-bond acceptors (Lipinski definition) is 5. The Hall–Kier alpha value is -2.12. The molecule has 1 atom stereocenters. The number of hydrogen-bond donors (Lipinski definition) is 1. The number of thiophene rings is 1. The van der Waals surface area contributed by atoms with Crippen molar-refractivity contribution < 1.29 is 4.79 Å². The second-order valence-electron chi connectivity index (χ2n) is 7.87. The molecule has 30 heavy (non-hydrogen) atoms. The summed E-state index contributed by atoms with van der Waals surface area (Å²) in [6, 6.07) is 6.11. The first-order valence-electron chi connectivity index (χ1n) is 10.5. The van der Waals surface area contributed by atoms with Crippen LogP contribution in [-0.4, -0.2) is 27.3 Å². The minimum atomic E-state index is -0.347. The van der Waals surface area contributed by atoms with E-state index in [1.165, 1.54) is 28.6 Å². The molecule has 1 aliphatic rings. The van der Waals surface area contributed by atoms with Gasteiger partial charge in [0.2, 0.25) is 5.91 Å². The van der Waals surface area contributed by atoms with Crippen LogP contribution in [0.25, 0.3) is 15.9 Å². The van der Waals surface area contributed by atoms with E-state index in [-0.39, 0.29) is 16.7 Å². The van der Waals surface area contributed by atoms with Crippen LogP contribution in [0.1, 0.15) is 48.3 Å². The van der Waals surface area contributed by atoms with Gasteiger partial charge in [0.15, 0.2) is 5.16 Å². The van der Waals surface area contributed by atoms with Crippen LogP contribution in [0.5, 0.6) is 0 Å². The van der Waals surface area contributed by atoms with Gasteiger partial charge in [-0.3, -0.25) is 14.2 Å². The third-order valence-corrected chi connectivity index (χ3v) is 7.80. The molecule has 5 nitrogen and oxygen atoms in total. The monoisotopic (exact) mass is 441 g/mol. The molecule has 2 aromatic heterocycles. The van der Waals surface area contributed by atoms with Crippen LogP contribution in [-0.2, 0) is 17.6 Å². The molecule has 1 unspecified atom stereocenters. The van der Waals surface area contributed by atoms with Crippen molar-refractivity contribution in [1.82, 2.24) is 14.9 Å². The lowest BCUT2D eigenvalue weighted by Gasteiger charge is -2.18. The molecule has 0 saturated carbocycles. The van der Waals surface area contributed by atoms with Crippen LogP contribution in [0.2, 0.25) is 0 Å². The first-order valence-corrected chi connectivity index (χ1v) is 12.2. The molecule has 0 spiro atoms. The molecule has 0 radical (unpaired) electrons. The number of benzene rings is 1. The standard InChI is InChI=1S/C23H27N3O2S2/c1-5-24-20(27)15(4)29-23-25-21-19(16-8-6-7-9-18(16)30-21)22(28)26(23)17-12-13(2)10-11-14(17)3/h10-12,15H,5-9H2,1-4H3,(H,24,27). The highest BCUT2D eigenvalue weighted by molar-refractivity contribution is 8.00. The van der Waals surface area contributed by atoms with Crippen molar-refractivity contribution in [2.45, 2.75) is 63.8 Å². The molecule has 0 fully saturated rings. The SMILES string of the molecule is CCNC(=O)C(C)Sc1nc2sc3c(c2c(=O)n1-c1cc(C)ccc1C)CCCC3. The van der Waals surface area contributed by atoms with Crippen molar-refractivity contribution in [2.75, 3.05) is 6.54 Å². The Labute approximate surface area is 184 Å². The van der Waals surface area contributed by atoms with Gasteiger partial charge in [-0.05, 0) is 76.1 Å². The van der Waals surface area contributed by atoms with Crippen LogP contribution in [0, 0.1) is 13.8 Å². The molecule has 1 aromatic carbocycles. The topological polar surface area (TPSA) is 64.0 Å². The van der Waals surface area contributed by atoms with Crippen LogP contribution < -0.4 is 10.9 Å². The number of carbonyl (C=O) groups is 1. The van der Waals surface area contributed by atoms with Gasteiger partial charge in [-0.2, -0.15) is 0 Å². The van der Waals surface area contributed by atoms with E-state index in [1.807, 2.05) is 45.9 Å². The molecule has 7 heteroatoms. The zero-order chi connectivity index (χ0) is 21.4. The van der Waals surface area contributed by atoms with Crippen molar-refractivity contribution in [1.29, 1.82) is 0 Å². The number of carbonyl (C=O) groups excluding carboxylic acids is 1. The van der Waals surface area contributed by atoms with Gasteiger partial charge in [-0.1, -0.05) is 23.9 Å². The van der Waals surface area contributed by atoms with Gasteiger partial charge in [-0.15, -0.1) is 11.3 Å². The Morgan fingerprint density at radius 1 is 1.30 bits per heavy atom. The van der Waals surface area contributed by atoms with Gasteiger partial charge >= 0.3 is 0 Å². The maximum Gasteiger partial charge on any atom is 0.267 e. The van der Waals surface area contributed by atoms with Gasteiger partial charge in [0.05, 0.1) is 16.3 Å². The zero-order valence-electron chi connectivity index (χ0n) is 17.9. The van der Waals surface area contributed by atoms with E-state index in [0.717, 1.165) is 46.3 Å². The van der Waals surface area contributed by atoms with Crippen LogP contribution in [0.15, 0.2) is 28.2 Å². The Balaban J connectivity index is 1.95. The molecule has 3 aromatic rings. The summed E-state index contributed by atoms with van der Waals surface area (Å²) in [5.74, 6) is -0.0464. The summed E-state index contributed by atoms with van der Waals surface area (Å²) in [7, 11) is 0. The lowest BCUT2D eigenvalue weighted by atomic mass is 9.97. The average molecular weight is 442 g/mol. The first-order chi connectivity index (χ1) is 14.4. The number of rotatable bonds is 5. The highest BCUT2D eigenvalue weighted by Gasteiger charge is 2.25. The van der Waals surface area contributed by atoms with Crippen LogP contribution >= 0.6 is 23.1 Å². The van der Waals surface area contributed by atoms with E-state index >= 15 is 0 Å². The molecule has 158 valence electrons. The number of aryl methyl sites for hydroxylation is 4. The molecule has 2 heterocycles. The molecule has 1 N–H and O–H groups in total. The molecular formula is C23H27N3O2S2. The molecular weight excluding hydrogens is 414 g/mol. The average Bonchev–Trinajstić information content (AvgIpc) is 3.09. The maximum atomic E-state index is 13.8. The third-order valence-electron chi connectivity index (χ3n) is 5.57. The normalized spacial score (nSPS) is 14.5. The fraction of sp³-hybridized carbons (Fsp3) is 0.435. The second kappa shape index (κ2) is 8.55. The summed E-state index contributed by atoms with van der Waals surface area (Å²) in [4.78, 5) is 33.3. The number of fused-ring (bicyclic) bond motifs is 3. The van der Waals surface area contributed by atoms with Crippen molar-refractivity contribution >= 4 is 39.2 Å². The molecule has 1 aliphatic carbocycles. The van der Waals surface area contributed by atoms with Crippen molar-refractivity contribution in [3.05, 3.63) is 50.1 Å². The highest BCUT2D eigenvalue weighted by atomic mass is 32.2. The minimum Gasteiger partial charge on any atom is -0.355 e. The second-order valence-corrected chi connectivity index (χ2v) is 10.3. The number of nitrogens with zero attached hydrogens (tertiary/aromatic N) is 2. The number of nitrogens with one attached hydrogen (secondary N) is 1. The Morgan fingerprint density at radius 3 is 2.83 bits per heavy atom. The number of amides is 1. The van der Waals surface area contributed by atoms with E-state index in [4.69, 9.17) is 4.98 Å². The van der Waals surface area contributed by atoms with Crippen molar-refractivity contribution in [3.63, 3.8) is 0 Å². The summed E-state index contributed by atoms with van der Waals surface area (Å²) < 4.78 is 1.73. The number of thioether (sulfide) groups is 1. The van der Waals surface area contributed by atoms with Gasteiger partial charge in [0, 0.05) is 11.4 Å². The maximum absolute atomic E-state index is 13.8. The lowest BCUT2D eigenvalue weighted by molar-refractivity contribution is -0.120. The fourth-order valence-corrected chi connectivity index (χ4v) is 6.21. The quantitative estimate of drug-likeness (QED) is 0.466. The lowest BCUT2D eigenvalue weighted by Crippen LogP contribution is -2.31. The van der Waals surface area contributed by atoms with Crippen LogP contribution in [0.4, 0.5) is 0 Å². The highest BCUT2D eigenvalue weighted by Crippen LogP contribution is 2.36. The Bertz CT molecular complexity index is 1180. The van der Waals surface area contributed by atoms with Gasteiger partial charge in [0.1, 0.15) is 4.83 Å². The summed E-state index contributed by atoms with van der Waals surface area (Å²) >= 11 is 3.00. The van der Waals surface area contributed by atoms with E-state index in [9.17, 15) is 9.59 Å². The predicted octanol–water partition coefficient (Wildman–Crippen LogP) is 4.56. The van der Waals surface area contributed by atoms with Crippen LogP contribution in [0.3, 0.4) is 0 Å². The zero-order valence-corrected chi connectivity index (χ0v) is 19.5. The van der Waals surface area contributed by atoms with Crippen molar-refractivity contribution in [2.24, 2.45) is 0 Å². The molecule has 0 bridgehead atoms. The fourth-order valence-electron chi connectivity index (χ4n) is 3.97. The van der Waals surface area contributed by atoms with Crippen molar-refractivity contribution in [3.8, 4) is 5.69 Å². The molecule has 1 amide bonds. The molecule has 0 aliphatic heterocycles. The summed E-state index contributed by atoms with van der Waals surface area (Å²) in [5, 5.41) is 3.87. The smallest absolute Gasteiger partial charge is 0.267 e. The van der Waals surface area contributed by atoms with E-state index < -0.39 is 0 Å². The van der Waals surface area contributed by atoms with E-state index in [2.05, 4.69) is 5.32 Å². The Morgan fingerprint density at radius 2 is 2.07 bits per heavy atom. The van der Waals surface area contributed by atoms with Gasteiger partial charge in [0.25, 0.3) is 5.56 Å². The summed E-state index contributed by atoms with van der Waals surface area (Å²) in [5.41, 5.74) is 4.11.